The molecule has 0 radical (unpaired) electrons. The number of H-pyrrole nitrogens is 1. The van der Waals surface area contributed by atoms with Gasteiger partial charge in [0.15, 0.2) is 5.69 Å². The fourth-order valence-electron chi connectivity index (χ4n) is 2.60. The molecule has 1 aromatic heterocycles. The Hall–Kier alpha value is -1.41. The van der Waals surface area contributed by atoms with E-state index in [2.05, 4.69) is 24.0 Å². The van der Waals surface area contributed by atoms with Crippen LogP contribution in [-0.4, -0.2) is 30.7 Å². The van der Waals surface area contributed by atoms with Crippen LogP contribution in [0.5, 0.6) is 0 Å². The van der Waals surface area contributed by atoms with E-state index >= 15 is 0 Å². The lowest BCUT2D eigenvalue weighted by Gasteiger charge is -2.33. The number of ether oxygens (including phenoxy) is 1. The summed E-state index contributed by atoms with van der Waals surface area (Å²) in [5, 5.41) is 11.3. The van der Waals surface area contributed by atoms with Crippen molar-refractivity contribution in [2.24, 2.45) is 10.6 Å². The van der Waals surface area contributed by atoms with Crippen LogP contribution in [0.15, 0.2) is 4.90 Å². The number of hydrogen-bond acceptors (Lipinski definition) is 5. The molecule has 1 heterocycles. The summed E-state index contributed by atoms with van der Waals surface area (Å²) >= 11 is 0. The lowest BCUT2D eigenvalue weighted by Crippen LogP contribution is -2.29. The summed E-state index contributed by atoms with van der Waals surface area (Å²) in [5.74, 6) is -0.743. The third-order valence-corrected chi connectivity index (χ3v) is 5.00. The number of nitrogens with one attached hydrogen (secondary N) is 1. The van der Waals surface area contributed by atoms with Gasteiger partial charge in [-0.25, -0.2) is 18.4 Å². The van der Waals surface area contributed by atoms with Gasteiger partial charge in [0.1, 0.15) is 11.0 Å². The molecular weight excluding hydrogens is 294 g/mol. The van der Waals surface area contributed by atoms with E-state index in [0.717, 1.165) is 25.7 Å². The van der Waals surface area contributed by atoms with Gasteiger partial charge < -0.3 is 4.74 Å². The van der Waals surface area contributed by atoms with Gasteiger partial charge >= 0.3 is 5.97 Å². The molecule has 118 valence electrons. The predicted molar refractivity (Wildman–Crippen MR) is 76.2 cm³/mol. The quantitative estimate of drug-likeness (QED) is 0.820. The van der Waals surface area contributed by atoms with Crippen LogP contribution < -0.4 is 5.14 Å². The van der Waals surface area contributed by atoms with Crippen LogP contribution in [0.1, 0.15) is 55.7 Å². The molecule has 0 spiro atoms. The second-order valence-electron chi connectivity index (χ2n) is 6.34. The number of carbonyl (C=O) groups excluding carboxylic acids is 1. The number of esters is 1. The van der Waals surface area contributed by atoms with Crippen molar-refractivity contribution in [2.75, 3.05) is 0 Å². The standard InChI is InChI=1S/C13H21N3O4S/c1-8-11(21(14,18)19)10(16-15-8)12(17)20-9-4-6-13(2,3)7-5-9/h9H,4-7H2,1-3H3,(H,15,16)(H2,14,18,19). The number of sulfonamides is 1. The predicted octanol–water partition coefficient (Wildman–Crippen LogP) is 1.49. The molecule has 1 fully saturated rings. The van der Waals surface area contributed by atoms with Gasteiger partial charge in [0.2, 0.25) is 10.0 Å². The van der Waals surface area contributed by atoms with Gasteiger partial charge in [0, 0.05) is 0 Å². The number of aromatic nitrogens is 2. The molecule has 21 heavy (non-hydrogen) atoms. The number of carbonyl (C=O) groups is 1. The Kier molecular flexibility index (Phi) is 4.12. The van der Waals surface area contributed by atoms with Crippen LogP contribution in [0.4, 0.5) is 0 Å². The van der Waals surface area contributed by atoms with Crippen molar-refractivity contribution in [1.82, 2.24) is 10.2 Å². The molecule has 0 bridgehead atoms. The van der Waals surface area contributed by atoms with Gasteiger partial charge in [-0.2, -0.15) is 5.10 Å². The molecule has 1 aromatic rings. The maximum absolute atomic E-state index is 12.1. The molecular formula is C13H21N3O4S. The molecule has 3 N–H and O–H groups in total. The molecule has 0 saturated heterocycles. The summed E-state index contributed by atoms with van der Waals surface area (Å²) in [6, 6.07) is 0. The highest BCUT2D eigenvalue weighted by Gasteiger charge is 2.32. The van der Waals surface area contributed by atoms with E-state index in [1.807, 2.05) is 0 Å². The largest absolute Gasteiger partial charge is 0.458 e. The second-order valence-corrected chi connectivity index (χ2v) is 7.84. The minimum Gasteiger partial charge on any atom is -0.458 e. The Morgan fingerprint density at radius 3 is 2.48 bits per heavy atom. The van der Waals surface area contributed by atoms with Crippen LogP contribution in [0, 0.1) is 12.3 Å². The lowest BCUT2D eigenvalue weighted by atomic mass is 9.76. The third-order valence-electron chi connectivity index (χ3n) is 3.93. The molecule has 0 amide bonds. The van der Waals surface area contributed by atoms with Crippen molar-refractivity contribution in [3.63, 3.8) is 0 Å². The number of primary sulfonamides is 1. The van der Waals surface area contributed by atoms with E-state index in [9.17, 15) is 13.2 Å². The topological polar surface area (TPSA) is 115 Å². The summed E-state index contributed by atoms with van der Waals surface area (Å²) in [6.07, 6.45) is 3.27. The van der Waals surface area contributed by atoms with Gasteiger partial charge in [-0.15, -0.1) is 0 Å². The number of rotatable bonds is 3. The smallest absolute Gasteiger partial charge is 0.360 e. The van der Waals surface area contributed by atoms with Crippen molar-refractivity contribution >= 4 is 16.0 Å². The fourth-order valence-corrected chi connectivity index (χ4v) is 3.47. The van der Waals surface area contributed by atoms with Gasteiger partial charge in [0.05, 0.1) is 5.69 Å². The van der Waals surface area contributed by atoms with Crippen molar-refractivity contribution in [3.05, 3.63) is 11.4 Å². The molecule has 2 rings (SSSR count). The zero-order valence-corrected chi connectivity index (χ0v) is 13.3. The van der Waals surface area contributed by atoms with Crippen molar-refractivity contribution in [1.29, 1.82) is 0 Å². The number of aryl methyl sites for hydroxylation is 1. The Labute approximate surface area is 124 Å². The summed E-state index contributed by atoms with van der Waals surface area (Å²) in [4.78, 5) is 11.8. The van der Waals surface area contributed by atoms with E-state index in [0.29, 0.717) is 0 Å². The fraction of sp³-hybridized carbons (Fsp3) is 0.692. The minimum absolute atomic E-state index is 0.198. The van der Waals surface area contributed by atoms with Crippen LogP contribution >= 0.6 is 0 Å². The van der Waals surface area contributed by atoms with Crippen LogP contribution in [0.2, 0.25) is 0 Å². The molecule has 1 aliphatic carbocycles. The number of nitrogens with zero attached hydrogens (tertiary/aromatic N) is 1. The summed E-state index contributed by atoms with van der Waals surface area (Å²) < 4.78 is 28.4. The average Bonchev–Trinajstić information content (AvgIpc) is 2.74. The first-order valence-electron chi connectivity index (χ1n) is 6.89. The molecule has 7 nitrogen and oxygen atoms in total. The zero-order valence-electron chi connectivity index (χ0n) is 12.5. The first-order chi connectivity index (χ1) is 9.60. The van der Waals surface area contributed by atoms with Gasteiger partial charge in [0.25, 0.3) is 0 Å². The average molecular weight is 315 g/mol. The van der Waals surface area contributed by atoms with E-state index in [1.165, 1.54) is 6.92 Å². The molecule has 0 aliphatic heterocycles. The van der Waals surface area contributed by atoms with Crippen LogP contribution in [0.3, 0.4) is 0 Å². The van der Waals surface area contributed by atoms with Crippen LogP contribution in [0.25, 0.3) is 0 Å². The molecule has 0 unspecified atom stereocenters. The maximum Gasteiger partial charge on any atom is 0.360 e. The molecule has 1 aliphatic rings. The zero-order chi connectivity index (χ0) is 15.8. The van der Waals surface area contributed by atoms with E-state index in [4.69, 9.17) is 9.88 Å². The third kappa shape index (κ3) is 3.62. The molecule has 1 saturated carbocycles. The van der Waals surface area contributed by atoms with E-state index in [-0.39, 0.29) is 27.8 Å². The maximum atomic E-state index is 12.1. The molecule has 0 atom stereocenters. The lowest BCUT2D eigenvalue weighted by molar-refractivity contribution is 0.00851. The Bertz CT molecular complexity index is 638. The van der Waals surface area contributed by atoms with Crippen LogP contribution in [-0.2, 0) is 14.8 Å². The monoisotopic (exact) mass is 315 g/mol. The highest BCUT2D eigenvalue weighted by molar-refractivity contribution is 7.89. The molecule has 8 heteroatoms. The number of hydrogen-bond donors (Lipinski definition) is 2. The Morgan fingerprint density at radius 2 is 1.95 bits per heavy atom. The highest BCUT2D eigenvalue weighted by Crippen LogP contribution is 2.36. The van der Waals surface area contributed by atoms with Gasteiger partial charge in [-0.3, -0.25) is 5.10 Å². The SMILES string of the molecule is Cc1[nH]nc(C(=O)OC2CCC(C)(C)CC2)c1S(N)(=O)=O. The Balaban J connectivity index is 2.12. The second kappa shape index (κ2) is 5.42. The van der Waals surface area contributed by atoms with Gasteiger partial charge in [-0.1, -0.05) is 13.8 Å². The Morgan fingerprint density at radius 1 is 1.38 bits per heavy atom. The summed E-state index contributed by atoms with van der Waals surface area (Å²) in [5.41, 5.74) is 0.228. The van der Waals surface area contributed by atoms with E-state index < -0.39 is 16.0 Å². The number of nitrogens with two attached hydrogens (primary N) is 1. The van der Waals surface area contributed by atoms with Gasteiger partial charge in [-0.05, 0) is 38.0 Å². The minimum atomic E-state index is -4.02. The highest BCUT2D eigenvalue weighted by atomic mass is 32.2. The molecule has 0 aromatic carbocycles. The first kappa shape index (κ1) is 16.0. The van der Waals surface area contributed by atoms with Crippen molar-refractivity contribution in [2.45, 2.75) is 57.5 Å². The van der Waals surface area contributed by atoms with E-state index in [1.54, 1.807) is 0 Å². The first-order valence-corrected chi connectivity index (χ1v) is 8.43. The van der Waals surface area contributed by atoms with Crippen molar-refractivity contribution < 1.29 is 17.9 Å². The number of aromatic amines is 1. The normalized spacial score (nSPS) is 19.4. The van der Waals surface area contributed by atoms with Crippen molar-refractivity contribution in [3.8, 4) is 0 Å². The summed E-state index contributed by atoms with van der Waals surface area (Å²) in [6.45, 7) is 5.86. The summed E-state index contributed by atoms with van der Waals surface area (Å²) in [7, 11) is -4.02.